The average Bonchev–Trinajstić information content (AvgIpc) is 2.69. The lowest BCUT2D eigenvalue weighted by atomic mass is 9.85. The minimum Gasteiger partial charge on any atom is -0.307 e. The van der Waals surface area contributed by atoms with Crippen LogP contribution in [0.1, 0.15) is 38.5 Å². The first-order valence-corrected chi connectivity index (χ1v) is 6.08. The summed E-state index contributed by atoms with van der Waals surface area (Å²) >= 11 is 0. The van der Waals surface area contributed by atoms with Crippen molar-refractivity contribution in [1.29, 1.82) is 0 Å². The van der Waals surface area contributed by atoms with Gasteiger partial charge in [0.05, 0.1) is 6.04 Å². The Morgan fingerprint density at radius 2 is 1.70 bits per heavy atom. The molecule has 0 aliphatic carbocycles. The smallest absolute Gasteiger partial charge is 0.307 e. The summed E-state index contributed by atoms with van der Waals surface area (Å²) in [6.07, 6.45) is -5.68. The summed E-state index contributed by atoms with van der Waals surface area (Å²) in [5.74, 6) is -6.23. The molecule has 0 saturated heterocycles. The molecule has 0 amide bonds. The maximum Gasteiger partial charge on any atom is 0.461 e. The van der Waals surface area contributed by atoms with Crippen LogP contribution in [0.4, 0.5) is 22.0 Å². The molecule has 1 unspecified atom stereocenters. The van der Waals surface area contributed by atoms with Crippen molar-refractivity contribution >= 4 is 0 Å². The SMILES string of the molecule is CC(C)(C)C1NCCn2c1nnc2C(F)(F)C(F)(F)F. The third-order valence-electron chi connectivity index (χ3n) is 3.22. The third kappa shape index (κ3) is 2.27. The van der Waals surface area contributed by atoms with Crippen LogP contribution in [0.5, 0.6) is 0 Å². The van der Waals surface area contributed by atoms with Crippen LogP contribution in [-0.2, 0) is 12.5 Å². The van der Waals surface area contributed by atoms with Gasteiger partial charge in [0.25, 0.3) is 0 Å². The molecule has 0 saturated carbocycles. The van der Waals surface area contributed by atoms with E-state index < -0.39 is 24.0 Å². The van der Waals surface area contributed by atoms with Crippen molar-refractivity contribution in [1.82, 2.24) is 20.1 Å². The Morgan fingerprint density at radius 3 is 2.20 bits per heavy atom. The molecule has 9 heteroatoms. The molecular weight excluding hydrogens is 283 g/mol. The van der Waals surface area contributed by atoms with Crippen LogP contribution in [0.25, 0.3) is 0 Å². The predicted octanol–water partition coefficient (Wildman–Crippen LogP) is 2.62. The highest BCUT2D eigenvalue weighted by Gasteiger charge is 2.62. The van der Waals surface area contributed by atoms with E-state index in [4.69, 9.17) is 0 Å². The Kier molecular flexibility index (Phi) is 3.31. The van der Waals surface area contributed by atoms with Gasteiger partial charge in [-0.3, -0.25) is 0 Å². The number of halogens is 5. The Balaban J connectivity index is 2.50. The number of rotatable bonds is 1. The maximum absolute atomic E-state index is 13.4. The van der Waals surface area contributed by atoms with Gasteiger partial charge in [0.15, 0.2) is 5.82 Å². The van der Waals surface area contributed by atoms with Crippen LogP contribution in [-0.4, -0.2) is 27.5 Å². The summed E-state index contributed by atoms with van der Waals surface area (Å²) in [7, 11) is 0. The zero-order chi connectivity index (χ0) is 15.3. The summed E-state index contributed by atoms with van der Waals surface area (Å²) in [4.78, 5) is 0. The molecular formula is C11H15F5N4. The van der Waals surface area contributed by atoms with E-state index in [2.05, 4.69) is 15.5 Å². The summed E-state index contributed by atoms with van der Waals surface area (Å²) in [6, 6.07) is -0.429. The number of alkyl halides is 5. The monoisotopic (exact) mass is 298 g/mol. The van der Waals surface area contributed by atoms with Crippen LogP contribution in [0.3, 0.4) is 0 Å². The molecule has 1 atom stereocenters. The first kappa shape index (κ1) is 15.1. The van der Waals surface area contributed by atoms with Gasteiger partial charge in [0.2, 0.25) is 5.82 Å². The molecule has 1 aromatic heterocycles. The Morgan fingerprint density at radius 1 is 1.10 bits per heavy atom. The van der Waals surface area contributed by atoms with Gasteiger partial charge >= 0.3 is 12.1 Å². The number of hydrogen-bond donors (Lipinski definition) is 1. The van der Waals surface area contributed by atoms with Gasteiger partial charge in [0, 0.05) is 13.1 Å². The summed E-state index contributed by atoms with van der Waals surface area (Å²) in [5.41, 5.74) is -0.379. The number of hydrogen-bond acceptors (Lipinski definition) is 3. The molecule has 1 aliphatic heterocycles. The molecule has 0 bridgehead atoms. The molecule has 2 rings (SSSR count). The summed E-state index contributed by atoms with van der Waals surface area (Å²) in [6.45, 7) is 5.80. The molecule has 0 aromatic carbocycles. The average molecular weight is 298 g/mol. The quantitative estimate of drug-likeness (QED) is 0.811. The molecule has 2 heterocycles. The van der Waals surface area contributed by atoms with Gasteiger partial charge in [-0.2, -0.15) is 22.0 Å². The molecule has 0 fully saturated rings. The summed E-state index contributed by atoms with van der Waals surface area (Å²) in [5, 5.41) is 9.73. The minimum absolute atomic E-state index is 0.0179. The van der Waals surface area contributed by atoms with E-state index in [1.54, 1.807) is 0 Å². The minimum atomic E-state index is -5.68. The first-order chi connectivity index (χ1) is 8.96. The topological polar surface area (TPSA) is 42.7 Å². The lowest BCUT2D eigenvalue weighted by molar-refractivity contribution is -0.293. The van der Waals surface area contributed by atoms with Gasteiger partial charge < -0.3 is 9.88 Å². The molecule has 0 radical (unpaired) electrons. The molecule has 1 aliphatic rings. The largest absolute Gasteiger partial charge is 0.461 e. The van der Waals surface area contributed by atoms with Crippen LogP contribution >= 0.6 is 0 Å². The standard InChI is InChI=1S/C11H15F5N4/c1-9(2,3)6-7-18-19-8(20(7)5-4-17-6)10(12,13)11(14,15)16/h6,17H,4-5H2,1-3H3. The Labute approximate surface area is 112 Å². The van der Waals surface area contributed by atoms with Crippen molar-refractivity contribution in [3.8, 4) is 0 Å². The van der Waals surface area contributed by atoms with Gasteiger partial charge in [-0.15, -0.1) is 10.2 Å². The Hall–Kier alpha value is -1.25. The van der Waals surface area contributed by atoms with Crippen molar-refractivity contribution in [3.05, 3.63) is 11.6 Å². The fourth-order valence-corrected chi connectivity index (χ4v) is 2.21. The number of nitrogens with one attached hydrogen (secondary N) is 1. The van der Waals surface area contributed by atoms with E-state index in [0.29, 0.717) is 0 Å². The number of fused-ring (bicyclic) bond motifs is 1. The molecule has 1 aromatic rings. The fraction of sp³-hybridized carbons (Fsp3) is 0.818. The second-order valence-corrected chi connectivity index (χ2v) is 5.86. The van der Waals surface area contributed by atoms with Crippen LogP contribution in [0.2, 0.25) is 0 Å². The van der Waals surface area contributed by atoms with Crippen molar-refractivity contribution in [2.75, 3.05) is 6.54 Å². The van der Waals surface area contributed by atoms with Crippen LogP contribution in [0, 0.1) is 5.41 Å². The second-order valence-electron chi connectivity index (χ2n) is 5.86. The first-order valence-electron chi connectivity index (χ1n) is 6.08. The maximum atomic E-state index is 13.4. The fourth-order valence-electron chi connectivity index (χ4n) is 2.21. The Bertz CT molecular complexity index is 500. The van der Waals surface area contributed by atoms with Gasteiger partial charge in [0.1, 0.15) is 0 Å². The van der Waals surface area contributed by atoms with E-state index in [1.807, 2.05) is 20.8 Å². The van der Waals surface area contributed by atoms with Gasteiger partial charge in [-0.25, -0.2) is 0 Å². The van der Waals surface area contributed by atoms with Crippen molar-refractivity contribution in [2.45, 2.75) is 45.5 Å². The second kappa shape index (κ2) is 4.37. The summed E-state index contributed by atoms with van der Waals surface area (Å²) < 4.78 is 65.1. The zero-order valence-corrected chi connectivity index (χ0v) is 11.2. The van der Waals surface area contributed by atoms with Crippen molar-refractivity contribution < 1.29 is 22.0 Å². The third-order valence-corrected chi connectivity index (χ3v) is 3.22. The van der Waals surface area contributed by atoms with E-state index in [0.717, 1.165) is 4.57 Å². The van der Waals surface area contributed by atoms with Gasteiger partial charge in [-0.05, 0) is 5.41 Å². The molecule has 1 N–H and O–H groups in total. The molecule has 0 spiro atoms. The predicted molar refractivity (Wildman–Crippen MR) is 60.2 cm³/mol. The normalized spacial score (nSPS) is 20.9. The van der Waals surface area contributed by atoms with E-state index >= 15 is 0 Å². The lowest BCUT2D eigenvalue weighted by Crippen LogP contribution is -2.43. The van der Waals surface area contributed by atoms with Crippen molar-refractivity contribution in [3.63, 3.8) is 0 Å². The van der Waals surface area contributed by atoms with Gasteiger partial charge in [-0.1, -0.05) is 20.8 Å². The van der Waals surface area contributed by atoms with Crippen LogP contribution in [0.15, 0.2) is 0 Å². The highest BCUT2D eigenvalue weighted by molar-refractivity contribution is 5.12. The highest BCUT2D eigenvalue weighted by atomic mass is 19.4. The van der Waals surface area contributed by atoms with E-state index in [9.17, 15) is 22.0 Å². The lowest BCUT2D eigenvalue weighted by Gasteiger charge is -2.35. The van der Waals surface area contributed by atoms with Crippen molar-refractivity contribution in [2.24, 2.45) is 5.41 Å². The number of aromatic nitrogens is 3. The number of nitrogens with zero attached hydrogens (tertiary/aromatic N) is 3. The molecule has 4 nitrogen and oxygen atoms in total. The van der Waals surface area contributed by atoms with Crippen LogP contribution < -0.4 is 5.32 Å². The zero-order valence-electron chi connectivity index (χ0n) is 11.2. The molecule has 114 valence electrons. The van der Waals surface area contributed by atoms with E-state index in [1.165, 1.54) is 0 Å². The molecule has 20 heavy (non-hydrogen) atoms. The van der Waals surface area contributed by atoms with E-state index in [-0.39, 0.29) is 24.3 Å². The highest BCUT2D eigenvalue weighted by Crippen LogP contribution is 2.44.